The number of hydrogen-bond acceptors (Lipinski definition) is 2. The van der Waals surface area contributed by atoms with Gasteiger partial charge in [0, 0.05) is 6.42 Å². The fourth-order valence-corrected chi connectivity index (χ4v) is 5.68. The maximum atomic E-state index is 12.7. The first kappa shape index (κ1) is 16.0. The van der Waals surface area contributed by atoms with Gasteiger partial charge in [-0.05, 0) is 55.3 Å². The number of carbonyl (C=O) groups excluding carboxylic acids is 1. The summed E-state index contributed by atoms with van der Waals surface area (Å²) in [6, 6.07) is 0. The molecule has 0 aromatic carbocycles. The smallest absolute Gasteiger partial charge is 0.146 e. The van der Waals surface area contributed by atoms with E-state index in [1.54, 1.807) is 0 Å². The Kier molecular flexibility index (Phi) is 3.49. The lowest BCUT2D eigenvalue weighted by Gasteiger charge is -2.60. The summed E-state index contributed by atoms with van der Waals surface area (Å²) in [5, 5.41) is 10.5. The third-order valence-corrected chi connectivity index (χ3v) is 7.37. The standard InChI is InChI=1S/C20H30O2/c1-6-19(4)12-13-7-8-15-18(2,3)16(21)9-10-20(15,5)14(13)11-17(19)22/h6,12,14-16,21H,1,7-11H2,2-5H3. The second-order valence-corrected chi connectivity index (χ2v) is 8.86. The molecule has 2 heteroatoms. The van der Waals surface area contributed by atoms with E-state index in [4.69, 9.17) is 0 Å². The highest BCUT2D eigenvalue weighted by Gasteiger charge is 2.57. The number of aliphatic hydroxyl groups is 1. The van der Waals surface area contributed by atoms with Gasteiger partial charge in [0.15, 0.2) is 0 Å². The summed E-state index contributed by atoms with van der Waals surface area (Å²) < 4.78 is 0. The van der Waals surface area contributed by atoms with Crippen LogP contribution in [0.2, 0.25) is 0 Å². The molecular weight excluding hydrogens is 272 g/mol. The molecule has 0 spiro atoms. The van der Waals surface area contributed by atoms with Crippen LogP contribution in [0.4, 0.5) is 0 Å². The Morgan fingerprint density at radius 3 is 2.59 bits per heavy atom. The first-order valence-corrected chi connectivity index (χ1v) is 8.72. The first-order valence-electron chi connectivity index (χ1n) is 8.72. The third kappa shape index (κ3) is 1.99. The number of allylic oxidation sites excluding steroid dienone is 3. The molecule has 2 nitrogen and oxygen atoms in total. The van der Waals surface area contributed by atoms with Crippen LogP contribution in [-0.4, -0.2) is 17.0 Å². The van der Waals surface area contributed by atoms with E-state index in [2.05, 4.69) is 33.4 Å². The second-order valence-electron chi connectivity index (χ2n) is 8.86. The van der Waals surface area contributed by atoms with Crippen molar-refractivity contribution < 1.29 is 9.90 Å². The van der Waals surface area contributed by atoms with Crippen molar-refractivity contribution in [2.24, 2.45) is 28.1 Å². The van der Waals surface area contributed by atoms with Crippen LogP contribution in [0.3, 0.4) is 0 Å². The molecule has 0 heterocycles. The van der Waals surface area contributed by atoms with E-state index >= 15 is 0 Å². The molecule has 3 aliphatic carbocycles. The topological polar surface area (TPSA) is 37.3 Å². The predicted octanol–water partition coefficient (Wildman–Crippen LogP) is 4.29. The highest BCUT2D eigenvalue weighted by molar-refractivity contribution is 5.90. The molecule has 0 aliphatic heterocycles. The molecule has 0 radical (unpaired) electrons. The Balaban J connectivity index is 2.02. The van der Waals surface area contributed by atoms with Crippen LogP contribution < -0.4 is 0 Å². The van der Waals surface area contributed by atoms with Crippen LogP contribution in [-0.2, 0) is 4.79 Å². The molecule has 3 rings (SSSR count). The van der Waals surface area contributed by atoms with Gasteiger partial charge in [0.25, 0.3) is 0 Å². The molecule has 0 saturated heterocycles. The Hall–Kier alpha value is -0.890. The zero-order valence-corrected chi connectivity index (χ0v) is 14.5. The minimum atomic E-state index is -0.473. The predicted molar refractivity (Wildman–Crippen MR) is 89.4 cm³/mol. The van der Waals surface area contributed by atoms with E-state index in [1.807, 2.05) is 13.0 Å². The molecule has 122 valence electrons. The molecule has 1 N–H and O–H groups in total. The van der Waals surface area contributed by atoms with Gasteiger partial charge in [-0.15, -0.1) is 6.58 Å². The summed E-state index contributed by atoms with van der Waals surface area (Å²) >= 11 is 0. The largest absolute Gasteiger partial charge is 0.393 e. The lowest BCUT2D eigenvalue weighted by molar-refractivity contribution is -0.140. The van der Waals surface area contributed by atoms with E-state index in [1.165, 1.54) is 5.57 Å². The molecule has 3 aliphatic rings. The number of rotatable bonds is 1. The number of carbonyl (C=O) groups is 1. The number of aliphatic hydroxyl groups excluding tert-OH is 1. The zero-order chi connectivity index (χ0) is 16.3. The van der Waals surface area contributed by atoms with Gasteiger partial charge >= 0.3 is 0 Å². The van der Waals surface area contributed by atoms with Crippen LogP contribution in [0, 0.1) is 28.1 Å². The lowest BCUT2D eigenvalue weighted by Crippen LogP contribution is -2.56. The molecule has 5 unspecified atom stereocenters. The quantitative estimate of drug-likeness (QED) is 0.734. The summed E-state index contributed by atoms with van der Waals surface area (Å²) in [6.45, 7) is 12.7. The van der Waals surface area contributed by atoms with Crippen LogP contribution in [0.1, 0.15) is 59.8 Å². The molecule has 0 aromatic heterocycles. The Bertz CT molecular complexity index is 544. The van der Waals surface area contributed by atoms with Crippen molar-refractivity contribution in [2.75, 3.05) is 0 Å². The van der Waals surface area contributed by atoms with Crippen molar-refractivity contribution >= 4 is 5.78 Å². The van der Waals surface area contributed by atoms with Crippen molar-refractivity contribution in [3.63, 3.8) is 0 Å². The molecule has 0 bridgehead atoms. The minimum absolute atomic E-state index is 0.0548. The van der Waals surface area contributed by atoms with Gasteiger partial charge in [-0.25, -0.2) is 0 Å². The van der Waals surface area contributed by atoms with Crippen molar-refractivity contribution in [1.29, 1.82) is 0 Å². The van der Waals surface area contributed by atoms with Crippen molar-refractivity contribution in [3.05, 3.63) is 24.3 Å². The molecule has 2 saturated carbocycles. The van der Waals surface area contributed by atoms with Crippen LogP contribution in [0.15, 0.2) is 24.3 Å². The van der Waals surface area contributed by atoms with E-state index < -0.39 is 5.41 Å². The average Bonchev–Trinajstić information content (AvgIpc) is 2.46. The normalized spacial score (nSPS) is 47.2. The molecule has 5 atom stereocenters. The van der Waals surface area contributed by atoms with Gasteiger partial charge in [0.05, 0.1) is 11.5 Å². The summed E-state index contributed by atoms with van der Waals surface area (Å²) in [5.41, 5.74) is 1.08. The highest BCUT2D eigenvalue weighted by Crippen LogP contribution is 2.63. The maximum absolute atomic E-state index is 12.7. The van der Waals surface area contributed by atoms with E-state index in [9.17, 15) is 9.90 Å². The SMILES string of the molecule is C=CC1(C)C=C2CCC3C(C)(C)C(O)CCC3(C)C2CC1=O. The Labute approximate surface area is 134 Å². The van der Waals surface area contributed by atoms with E-state index in [-0.39, 0.29) is 16.9 Å². The number of ketones is 1. The van der Waals surface area contributed by atoms with Crippen molar-refractivity contribution in [2.45, 2.75) is 65.9 Å². The van der Waals surface area contributed by atoms with Gasteiger partial charge in [0.2, 0.25) is 0 Å². The Morgan fingerprint density at radius 2 is 1.95 bits per heavy atom. The number of fused-ring (bicyclic) bond motifs is 3. The fourth-order valence-electron chi connectivity index (χ4n) is 5.68. The summed E-state index contributed by atoms with van der Waals surface area (Å²) in [7, 11) is 0. The molecule has 0 aromatic rings. The van der Waals surface area contributed by atoms with Crippen LogP contribution >= 0.6 is 0 Å². The van der Waals surface area contributed by atoms with Gasteiger partial charge in [-0.3, -0.25) is 4.79 Å². The summed E-state index contributed by atoms with van der Waals surface area (Å²) in [4.78, 5) is 12.7. The van der Waals surface area contributed by atoms with Crippen LogP contribution in [0.25, 0.3) is 0 Å². The summed E-state index contributed by atoms with van der Waals surface area (Å²) in [6.07, 6.45) is 8.53. The first-order chi connectivity index (χ1) is 10.1. The second kappa shape index (κ2) is 4.80. The van der Waals surface area contributed by atoms with Gasteiger partial charge in [0.1, 0.15) is 5.78 Å². The summed E-state index contributed by atoms with van der Waals surface area (Å²) in [5.74, 6) is 1.16. The molecule has 0 amide bonds. The fraction of sp³-hybridized carbons (Fsp3) is 0.750. The maximum Gasteiger partial charge on any atom is 0.146 e. The zero-order valence-electron chi connectivity index (χ0n) is 14.5. The molecular formula is C20H30O2. The monoisotopic (exact) mass is 302 g/mol. The average molecular weight is 302 g/mol. The third-order valence-electron chi connectivity index (χ3n) is 7.37. The van der Waals surface area contributed by atoms with Crippen molar-refractivity contribution in [1.82, 2.24) is 0 Å². The molecule has 22 heavy (non-hydrogen) atoms. The van der Waals surface area contributed by atoms with Crippen molar-refractivity contribution in [3.8, 4) is 0 Å². The highest BCUT2D eigenvalue weighted by atomic mass is 16.3. The van der Waals surface area contributed by atoms with E-state index in [0.717, 1.165) is 25.7 Å². The number of hydrogen-bond donors (Lipinski definition) is 1. The van der Waals surface area contributed by atoms with Crippen LogP contribution in [0.5, 0.6) is 0 Å². The van der Waals surface area contributed by atoms with E-state index in [0.29, 0.717) is 24.0 Å². The number of Topliss-reactive ketones (excluding diaryl/α,β-unsaturated/α-hetero) is 1. The Morgan fingerprint density at radius 1 is 1.27 bits per heavy atom. The van der Waals surface area contributed by atoms with Gasteiger partial charge in [-0.1, -0.05) is 38.5 Å². The lowest BCUT2D eigenvalue weighted by atomic mass is 9.45. The van der Waals surface area contributed by atoms with Gasteiger partial charge in [-0.2, -0.15) is 0 Å². The minimum Gasteiger partial charge on any atom is -0.393 e. The molecule has 2 fully saturated rings. The van der Waals surface area contributed by atoms with Gasteiger partial charge < -0.3 is 5.11 Å².